The summed E-state index contributed by atoms with van der Waals surface area (Å²) in [6, 6.07) is 20.5. The number of hydrogen-bond acceptors (Lipinski definition) is 8. The van der Waals surface area contributed by atoms with Crippen LogP contribution in [0.5, 0.6) is 18.0 Å². The summed E-state index contributed by atoms with van der Waals surface area (Å²) in [4.78, 5) is 23.3. The first-order valence-corrected chi connectivity index (χ1v) is 13.2. The normalized spacial score (nSPS) is 10.6. The van der Waals surface area contributed by atoms with E-state index in [9.17, 15) is 0 Å². The maximum absolute atomic E-state index is 5.73. The van der Waals surface area contributed by atoms with Gasteiger partial charge in [-0.2, -0.15) is 0 Å². The molecule has 0 aliphatic rings. The van der Waals surface area contributed by atoms with Crippen molar-refractivity contribution >= 4 is 0 Å². The second-order valence-corrected chi connectivity index (χ2v) is 8.90. The summed E-state index contributed by atoms with van der Waals surface area (Å²) in [5.74, 6) is 0. The van der Waals surface area contributed by atoms with Crippen LogP contribution >= 0.6 is 0 Å². The maximum Gasteiger partial charge on any atom is 0.326 e. The largest absolute Gasteiger partial charge is 0.459 e. The molecular formula is C32H43N3O5. The van der Waals surface area contributed by atoms with E-state index in [1.165, 1.54) is 0 Å². The highest BCUT2D eigenvalue weighted by Crippen LogP contribution is 2.31. The van der Waals surface area contributed by atoms with Crippen molar-refractivity contribution in [3.05, 3.63) is 110 Å². The van der Waals surface area contributed by atoms with Gasteiger partial charge < -0.3 is 14.2 Å². The average Bonchev–Trinajstić information content (AvgIpc) is 2.99. The molecule has 0 aliphatic heterocycles. The summed E-state index contributed by atoms with van der Waals surface area (Å²) >= 11 is 0. The molecule has 0 radical (unpaired) electrons. The number of rotatable bonds is 14. The van der Waals surface area contributed by atoms with Crippen LogP contribution in [0.4, 0.5) is 0 Å². The van der Waals surface area contributed by atoms with Crippen molar-refractivity contribution in [1.29, 1.82) is 0 Å². The molecule has 0 bridgehead atoms. The lowest BCUT2D eigenvalue weighted by Gasteiger charge is -2.31. The van der Waals surface area contributed by atoms with Crippen LogP contribution in [0.25, 0.3) is 0 Å². The Morgan fingerprint density at radius 3 is 1.07 bits per heavy atom. The van der Waals surface area contributed by atoms with Crippen LogP contribution in [-0.4, -0.2) is 34.8 Å². The molecule has 0 saturated heterocycles. The topological polar surface area (TPSA) is 84.8 Å². The molecule has 40 heavy (non-hydrogen) atoms. The standard InChI is InChI=1S/C18H22O2.C12H15N3O3.C2H6/c1-17(2,15-11-7-5-8-12-15)19-20-18(3,4)16-13-9-6-10-14-16;1-4-7-16-10-13-11(17-8-5-2)15-12(14-10)18-9-6-3;1-2/h5-14H,1-4H3;4-6H,1-3,7-9H2;1-2H3. The van der Waals surface area contributed by atoms with Crippen LogP contribution in [-0.2, 0) is 21.0 Å². The highest BCUT2D eigenvalue weighted by atomic mass is 17.2. The van der Waals surface area contributed by atoms with E-state index in [1.807, 2.05) is 102 Å². The third-order valence-electron chi connectivity index (χ3n) is 4.96. The minimum atomic E-state index is -0.493. The Labute approximate surface area is 239 Å². The Hall–Kier alpha value is -4.01. The molecule has 0 aliphatic carbocycles. The van der Waals surface area contributed by atoms with Crippen LogP contribution in [0.15, 0.2) is 98.6 Å². The zero-order chi connectivity index (χ0) is 29.9. The van der Waals surface area contributed by atoms with E-state index >= 15 is 0 Å². The quantitative estimate of drug-likeness (QED) is 0.117. The summed E-state index contributed by atoms with van der Waals surface area (Å²) < 4.78 is 15.6. The maximum atomic E-state index is 5.73. The van der Waals surface area contributed by atoms with Crippen molar-refractivity contribution in [3.63, 3.8) is 0 Å². The highest BCUT2D eigenvalue weighted by Gasteiger charge is 2.29. The van der Waals surface area contributed by atoms with Gasteiger partial charge in [0.25, 0.3) is 0 Å². The number of benzene rings is 2. The van der Waals surface area contributed by atoms with Gasteiger partial charge in [0.1, 0.15) is 31.0 Å². The van der Waals surface area contributed by atoms with Gasteiger partial charge in [-0.25, -0.2) is 9.78 Å². The SMILES string of the molecule is C=CCOc1nc(OCC=C)nc(OCC=C)n1.CC.CC(C)(OOC(C)(C)c1ccccc1)c1ccccc1. The van der Waals surface area contributed by atoms with Gasteiger partial charge in [-0.1, -0.05) is 112 Å². The van der Waals surface area contributed by atoms with Crippen LogP contribution in [0.3, 0.4) is 0 Å². The Morgan fingerprint density at radius 1 is 0.550 bits per heavy atom. The predicted molar refractivity (Wildman–Crippen MR) is 159 cm³/mol. The lowest BCUT2D eigenvalue weighted by molar-refractivity contribution is -0.410. The molecule has 8 heteroatoms. The lowest BCUT2D eigenvalue weighted by Crippen LogP contribution is -2.29. The van der Waals surface area contributed by atoms with Crippen molar-refractivity contribution in [2.75, 3.05) is 19.8 Å². The van der Waals surface area contributed by atoms with E-state index in [4.69, 9.17) is 24.0 Å². The fourth-order valence-corrected chi connectivity index (χ4v) is 2.90. The van der Waals surface area contributed by atoms with E-state index in [0.29, 0.717) is 0 Å². The molecule has 3 aromatic rings. The van der Waals surface area contributed by atoms with Crippen molar-refractivity contribution in [1.82, 2.24) is 15.0 Å². The van der Waals surface area contributed by atoms with Gasteiger partial charge in [0, 0.05) is 0 Å². The summed E-state index contributed by atoms with van der Waals surface area (Å²) in [5.41, 5.74) is 1.19. The summed E-state index contributed by atoms with van der Waals surface area (Å²) in [6.45, 7) is 23.5. The second-order valence-electron chi connectivity index (χ2n) is 8.90. The van der Waals surface area contributed by atoms with Gasteiger partial charge in [-0.15, -0.1) is 15.0 Å². The number of nitrogens with zero attached hydrogens (tertiary/aromatic N) is 3. The van der Waals surface area contributed by atoms with Gasteiger partial charge in [-0.3, -0.25) is 0 Å². The highest BCUT2D eigenvalue weighted by molar-refractivity contribution is 5.22. The van der Waals surface area contributed by atoms with Gasteiger partial charge >= 0.3 is 18.0 Å². The van der Waals surface area contributed by atoms with E-state index in [2.05, 4.69) is 34.7 Å². The molecule has 8 nitrogen and oxygen atoms in total. The zero-order valence-electron chi connectivity index (χ0n) is 24.6. The van der Waals surface area contributed by atoms with Gasteiger partial charge in [-0.05, 0) is 38.8 Å². The van der Waals surface area contributed by atoms with Gasteiger partial charge in [0.15, 0.2) is 0 Å². The Bertz CT molecular complexity index is 1010. The van der Waals surface area contributed by atoms with Crippen LogP contribution < -0.4 is 14.2 Å². The van der Waals surface area contributed by atoms with Gasteiger partial charge in [0.05, 0.1) is 0 Å². The molecule has 0 spiro atoms. The summed E-state index contributed by atoms with van der Waals surface area (Å²) in [7, 11) is 0. The molecule has 1 aromatic heterocycles. The molecule has 0 atom stereocenters. The Kier molecular flexibility index (Phi) is 15.6. The van der Waals surface area contributed by atoms with Crippen LogP contribution in [0.1, 0.15) is 52.7 Å². The number of hydrogen-bond donors (Lipinski definition) is 0. The third kappa shape index (κ3) is 12.2. The monoisotopic (exact) mass is 549 g/mol. The van der Waals surface area contributed by atoms with Crippen molar-refractivity contribution in [2.24, 2.45) is 0 Å². The fourth-order valence-electron chi connectivity index (χ4n) is 2.90. The number of ether oxygens (including phenoxy) is 3. The number of aromatic nitrogens is 3. The summed E-state index contributed by atoms with van der Waals surface area (Å²) in [5, 5.41) is 0. The van der Waals surface area contributed by atoms with E-state index in [-0.39, 0.29) is 37.9 Å². The first-order valence-electron chi connectivity index (χ1n) is 13.2. The van der Waals surface area contributed by atoms with E-state index in [0.717, 1.165) is 11.1 Å². The third-order valence-corrected chi connectivity index (χ3v) is 4.96. The predicted octanol–water partition coefficient (Wildman–Crippen LogP) is 7.40. The zero-order valence-corrected chi connectivity index (χ0v) is 24.6. The van der Waals surface area contributed by atoms with E-state index < -0.39 is 11.2 Å². The first-order chi connectivity index (χ1) is 19.2. The van der Waals surface area contributed by atoms with Crippen LogP contribution in [0, 0.1) is 0 Å². The molecule has 0 N–H and O–H groups in total. The molecule has 0 saturated carbocycles. The van der Waals surface area contributed by atoms with Gasteiger partial charge in [0.2, 0.25) is 0 Å². The molecule has 3 rings (SSSR count). The molecule has 216 valence electrons. The second kappa shape index (κ2) is 18.3. The molecule has 1 heterocycles. The van der Waals surface area contributed by atoms with Crippen molar-refractivity contribution in [2.45, 2.75) is 52.7 Å². The minimum absolute atomic E-state index is 0.114. The van der Waals surface area contributed by atoms with E-state index in [1.54, 1.807) is 18.2 Å². The Balaban J connectivity index is 0.000000379. The first kappa shape index (κ1) is 34.0. The molecule has 0 fully saturated rings. The minimum Gasteiger partial charge on any atom is -0.459 e. The smallest absolute Gasteiger partial charge is 0.326 e. The average molecular weight is 550 g/mol. The molecular weight excluding hydrogens is 506 g/mol. The fraction of sp³-hybridized carbons (Fsp3) is 0.344. The molecule has 0 unspecified atom stereocenters. The van der Waals surface area contributed by atoms with Crippen molar-refractivity contribution < 1.29 is 24.0 Å². The van der Waals surface area contributed by atoms with Crippen LogP contribution in [0.2, 0.25) is 0 Å². The lowest BCUT2D eigenvalue weighted by atomic mass is 9.98. The molecule has 2 aromatic carbocycles. The summed E-state index contributed by atoms with van der Waals surface area (Å²) in [6.07, 6.45) is 4.75. The van der Waals surface area contributed by atoms with Crippen molar-refractivity contribution in [3.8, 4) is 18.0 Å². The Morgan fingerprint density at radius 2 is 0.825 bits per heavy atom. The molecule has 0 amide bonds.